The Hall–Kier alpha value is -2.24. The minimum Gasteiger partial charge on any atom is -0.308 e. The van der Waals surface area contributed by atoms with Gasteiger partial charge in [0.05, 0.1) is 6.20 Å². The van der Waals surface area contributed by atoms with Crippen molar-refractivity contribution in [1.29, 1.82) is 0 Å². The molecule has 2 aromatic rings. The van der Waals surface area contributed by atoms with Gasteiger partial charge in [-0.25, -0.2) is 0 Å². The number of amides is 1. The summed E-state index contributed by atoms with van der Waals surface area (Å²) in [6.45, 7) is 0. The van der Waals surface area contributed by atoms with Crippen molar-refractivity contribution in [3.63, 3.8) is 0 Å². The summed E-state index contributed by atoms with van der Waals surface area (Å²) in [5.74, 6) is 0.401. The van der Waals surface area contributed by atoms with Crippen LogP contribution in [0.3, 0.4) is 0 Å². The molecule has 6 nitrogen and oxygen atoms in total. The lowest BCUT2D eigenvalue weighted by atomic mass is 10.1. The molecular weight excluding hydrogens is 218 g/mol. The van der Waals surface area contributed by atoms with Gasteiger partial charge in [0.1, 0.15) is 0 Å². The fraction of sp³-hybridized carbons (Fsp3) is 0.273. The van der Waals surface area contributed by atoms with Gasteiger partial charge in [0.25, 0.3) is 0 Å². The summed E-state index contributed by atoms with van der Waals surface area (Å²) < 4.78 is 0. The first kappa shape index (κ1) is 11.3. The number of aryl methyl sites for hydroxylation is 2. The van der Waals surface area contributed by atoms with Gasteiger partial charge in [-0.2, -0.15) is 9.90 Å². The van der Waals surface area contributed by atoms with Crippen LogP contribution < -0.4 is 5.32 Å². The summed E-state index contributed by atoms with van der Waals surface area (Å²) in [5, 5.41) is 10.5. The number of rotatable bonds is 4. The Kier molecular flexibility index (Phi) is 3.44. The number of nitrogens with one attached hydrogen (secondary N) is 1. The monoisotopic (exact) mass is 231 g/mol. The summed E-state index contributed by atoms with van der Waals surface area (Å²) in [6.07, 6.45) is 6.06. The van der Waals surface area contributed by atoms with E-state index in [-0.39, 0.29) is 5.91 Å². The van der Waals surface area contributed by atoms with Crippen molar-refractivity contribution < 1.29 is 4.79 Å². The molecule has 0 radical (unpaired) electrons. The third-order valence-corrected chi connectivity index (χ3v) is 2.23. The number of nitrogens with zero attached hydrogens (tertiary/aromatic N) is 4. The molecule has 1 amide bonds. The van der Waals surface area contributed by atoms with Crippen LogP contribution >= 0.6 is 0 Å². The van der Waals surface area contributed by atoms with Gasteiger partial charge < -0.3 is 5.32 Å². The van der Waals surface area contributed by atoms with E-state index >= 15 is 0 Å². The third-order valence-electron chi connectivity index (χ3n) is 2.23. The zero-order valence-electron chi connectivity index (χ0n) is 9.50. The highest BCUT2D eigenvalue weighted by atomic mass is 16.1. The van der Waals surface area contributed by atoms with Crippen LogP contribution in [0.2, 0.25) is 0 Å². The number of hydrogen-bond donors (Lipinski definition) is 1. The maximum Gasteiger partial charge on any atom is 0.225 e. The molecule has 88 valence electrons. The maximum absolute atomic E-state index is 11.6. The van der Waals surface area contributed by atoms with Gasteiger partial charge in [0, 0.05) is 25.9 Å². The molecule has 2 heterocycles. The highest BCUT2D eigenvalue weighted by Gasteiger charge is 2.05. The van der Waals surface area contributed by atoms with E-state index in [0.717, 1.165) is 5.56 Å². The maximum atomic E-state index is 11.6. The molecule has 0 aromatic carbocycles. The minimum absolute atomic E-state index is 0.0747. The molecule has 0 spiro atoms. The Morgan fingerprint density at radius 3 is 3.00 bits per heavy atom. The summed E-state index contributed by atoms with van der Waals surface area (Å²) in [4.78, 5) is 17.0. The molecule has 2 rings (SSSR count). The molecule has 0 saturated carbocycles. The SMILES string of the molecule is Cn1ncc(NC(=O)CCc2cccnc2)n1. The summed E-state index contributed by atoms with van der Waals surface area (Å²) in [7, 11) is 1.70. The second-order valence-electron chi connectivity index (χ2n) is 3.63. The number of carbonyl (C=O) groups is 1. The molecule has 2 aromatic heterocycles. The Morgan fingerprint density at radius 2 is 2.35 bits per heavy atom. The van der Waals surface area contributed by atoms with Gasteiger partial charge >= 0.3 is 0 Å². The van der Waals surface area contributed by atoms with Crippen LogP contribution in [-0.4, -0.2) is 25.9 Å². The predicted molar refractivity (Wildman–Crippen MR) is 62.2 cm³/mol. The molecule has 0 saturated heterocycles. The Balaban J connectivity index is 1.82. The van der Waals surface area contributed by atoms with E-state index in [1.165, 1.54) is 11.0 Å². The second-order valence-corrected chi connectivity index (χ2v) is 3.63. The van der Waals surface area contributed by atoms with Crippen molar-refractivity contribution in [3.05, 3.63) is 36.3 Å². The first-order valence-corrected chi connectivity index (χ1v) is 5.29. The lowest BCUT2D eigenvalue weighted by Crippen LogP contribution is -2.13. The van der Waals surface area contributed by atoms with Crippen molar-refractivity contribution >= 4 is 11.7 Å². The smallest absolute Gasteiger partial charge is 0.225 e. The number of pyridine rings is 1. The predicted octanol–water partition coefficient (Wildman–Crippen LogP) is 0.781. The first-order valence-electron chi connectivity index (χ1n) is 5.29. The van der Waals surface area contributed by atoms with Gasteiger partial charge in [-0.15, -0.1) is 5.10 Å². The highest BCUT2D eigenvalue weighted by Crippen LogP contribution is 2.03. The summed E-state index contributed by atoms with van der Waals surface area (Å²) >= 11 is 0. The highest BCUT2D eigenvalue weighted by molar-refractivity contribution is 5.89. The quantitative estimate of drug-likeness (QED) is 0.844. The van der Waals surface area contributed by atoms with Crippen molar-refractivity contribution in [2.45, 2.75) is 12.8 Å². The second kappa shape index (κ2) is 5.20. The Labute approximate surface area is 98.7 Å². The fourth-order valence-corrected chi connectivity index (χ4v) is 1.41. The van der Waals surface area contributed by atoms with Crippen molar-refractivity contribution in [1.82, 2.24) is 20.0 Å². The van der Waals surface area contributed by atoms with Gasteiger partial charge in [-0.05, 0) is 18.1 Å². The van der Waals surface area contributed by atoms with E-state index < -0.39 is 0 Å². The standard InChI is InChI=1S/C11H13N5O/c1-16-13-8-10(15-16)14-11(17)5-4-9-3-2-6-12-7-9/h2-3,6-8H,4-5H2,1H3,(H,14,15,17). The van der Waals surface area contributed by atoms with E-state index in [1.54, 1.807) is 19.4 Å². The first-order chi connectivity index (χ1) is 8.24. The normalized spacial score (nSPS) is 10.2. The van der Waals surface area contributed by atoms with E-state index in [0.29, 0.717) is 18.7 Å². The average molecular weight is 231 g/mol. The Bertz CT molecular complexity index is 494. The number of anilines is 1. The van der Waals surface area contributed by atoms with E-state index in [4.69, 9.17) is 0 Å². The zero-order chi connectivity index (χ0) is 12.1. The van der Waals surface area contributed by atoms with Gasteiger partial charge in [0.2, 0.25) is 5.91 Å². The molecule has 0 aliphatic rings. The molecule has 6 heteroatoms. The van der Waals surface area contributed by atoms with Gasteiger partial charge in [0.15, 0.2) is 5.82 Å². The number of carbonyl (C=O) groups excluding carboxylic acids is 1. The van der Waals surface area contributed by atoms with Crippen LogP contribution in [0.4, 0.5) is 5.82 Å². The van der Waals surface area contributed by atoms with Crippen LogP contribution in [0.5, 0.6) is 0 Å². The third kappa shape index (κ3) is 3.37. The lowest BCUT2D eigenvalue weighted by Gasteiger charge is -2.01. The fourth-order valence-electron chi connectivity index (χ4n) is 1.41. The van der Waals surface area contributed by atoms with Crippen molar-refractivity contribution in [2.24, 2.45) is 7.05 Å². The molecule has 0 unspecified atom stereocenters. The molecule has 0 aliphatic heterocycles. The van der Waals surface area contributed by atoms with E-state index in [9.17, 15) is 4.79 Å². The van der Waals surface area contributed by atoms with Gasteiger partial charge in [-0.1, -0.05) is 6.07 Å². The van der Waals surface area contributed by atoms with Crippen LogP contribution in [0.25, 0.3) is 0 Å². The van der Waals surface area contributed by atoms with Crippen LogP contribution in [0.15, 0.2) is 30.7 Å². The molecule has 0 aliphatic carbocycles. The minimum atomic E-state index is -0.0747. The summed E-state index contributed by atoms with van der Waals surface area (Å²) in [6, 6.07) is 3.80. The number of aromatic nitrogens is 4. The van der Waals surface area contributed by atoms with Gasteiger partial charge in [-0.3, -0.25) is 9.78 Å². The molecule has 0 bridgehead atoms. The molecule has 1 N–H and O–H groups in total. The zero-order valence-corrected chi connectivity index (χ0v) is 9.50. The van der Waals surface area contributed by atoms with E-state index in [2.05, 4.69) is 20.5 Å². The topological polar surface area (TPSA) is 72.7 Å². The number of hydrogen-bond acceptors (Lipinski definition) is 4. The average Bonchev–Trinajstić information content (AvgIpc) is 2.73. The molecule has 0 fully saturated rings. The van der Waals surface area contributed by atoms with E-state index in [1.807, 2.05) is 12.1 Å². The Morgan fingerprint density at radius 1 is 1.47 bits per heavy atom. The van der Waals surface area contributed by atoms with Crippen molar-refractivity contribution in [2.75, 3.05) is 5.32 Å². The summed E-state index contributed by atoms with van der Waals surface area (Å²) in [5.41, 5.74) is 1.04. The molecular formula is C11H13N5O. The lowest BCUT2D eigenvalue weighted by molar-refractivity contribution is -0.116. The largest absolute Gasteiger partial charge is 0.308 e. The molecule has 0 atom stereocenters. The van der Waals surface area contributed by atoms with Crippen molar-refractivity contribution in [3.8, 4) is 0 Å². The molecule has 17 heavy (non-hydrogen) atoms. The van der Waals surface area contributed by atoms with Crippen LogP contribution in [0.1, 0.15) is 12.0 Å². The van der Waals surface area contributed by atoms with Crippen LogP contribution in [-0.2, 0) is 18.3 Å². The van der Waals surface area contributed by atoms with Crippen LogP contribution in [0, 0.1) is 0 Å².